The summed E-state index contributed by atoms with van der Waals surface area (Å²) in [5.41, 5.74) is 0.966. The Bertz CT molecular complexity index is 868. The summed E-state index contributed by atoms with van der Waals surface area (Å²) in [7, 11) is -0.705. The minimum absolute atomic E-state index is 0.164. The number of rotatable bonds is 8. The molecule has 27 heavy (non-hydrogen) atoms. The van der Waals surface area contributed by atoms with Gasteiger partial charge in [0.1, 0.15) is 12.4 Å². The van der Waals surface area contributed by atoms with Gasteiger partial charge in [0, 0.05) is 19.1 Å². The molecular weight excluding hydrogens is 388 g/mol. The molecule has 1 amide bonds. The second-order valence-corrected chi connectivity index (χ2v) is 8.67. The van der Waals surface area contributed by atoms with E-state index in [0.29, 0.717) is 17.3 Å². The molecule has 0 fully saturated rings. The van der Waals surface area contributed by atoms with E-state index < -0.39 is 10.0 Å². The van der Waals surface area contributed by atoms with E-state index in [1.807, 2.05) is 6.92 Å². The molecular formula is C19H23ClN2O4S. The summed E-state index contributed by atoms with van der Waals surface area (Å²) in [6, 6.07) is 13.4. The zero-order valence-corrected chi connectivity index (χ0v) is 17.1. The topological polar surface area (TPSA) is 66.9 Å². The Morgan fingerprint density at radius 2 is 1.63 bits per heavy atom. The SMILES string of the molecule is Cc1ccc(S(=O)(=O)N(C)CC(=O)N(C)CCOc2ccc(Cl)cc2)cc1. The molecule has 0 atom stereocenters. The largest absolute Gasteiger partial charge is 0.492 e. The first-order chi connectivity index (χ1) is 12.7. The van der Waals surface area contributed by atoms with Crippen LogP contribution < -0.4 is 4.74 Å². The van der Waals surface area contributed by atoms with Crippen LogP contribution in [-0.2, 0) is 14.8 Å². The minimum Gasteiger partial charge on any atom is -0.492 e. The quantitative estimate of drug-likeness (QED) is 0.671. The van der Waals surface area contributed by atoms with E-state index in [1.54, 1.807) is 43.4 Å². The molecule has 0 saturated carbocycles. The highest BCUT2D eigenvalue weighted by molar-refractivity contribution is 7.89. The molecule has 0 aliphatic carbocycles. The van der Waals surface area contributed by atoms with Crippen LogP contribution in [0.2, 0.25) is 5.02 Å². The summed E-state index contributed by atoms with van der Waals surface area (Å²) in [6.07, 6.45) is 0. The highest BCUT2D eigenvalue weighted by Crippen LogP contribution is 2.16. The lowest BCUT2D eigenvalue weighted by Crippen LogP contribution is -2.40. The van der Waals surface area contributed by atoms with Crippen LogP contribution in [0.25, 0.3) is 0 Å². The molecule has 0 bridgehead atoms. The van der Waals surface area contributed by atoms with Gasteiger partial charge in [0.25, 0.3) is 0 Å². The smallest absolute Gasteiger partial charge is 0.243 e. The minimum atomic E-state index is -3.71. The average Bonchev–Trinajstić information content (AvgIpc) is 2.63. The number of carbonyl (C=O) groups is 1. The molecule has 8 heteroatoms. The first-order valence-electron chi connectivity index (χ1n) is 8.35. The van der Waals surface area contributed by atoms with Crippen molar-refractivity contribution in [3.8, 4) is 5.75 Å². The Kier molecular flexibility index (Phi) is 7.24. The van der Waals surface area contributed by atoms with Crippen molar-refractivity contribution in [3.05, 3.63) is 59.1 Å². The third kappa shape index (κ3) is 5.95. The van der Waals surface area contributed by atoms with Crippen LogP contribution in [0.3, 0.4) is 0 Å². The van der Waals surface area contributed by atoms with Crippen molar-refractivity contribution in [2.24, 2.45) is 0 Å². The second-order valence-electron chi connectivity index (χ2n) is 6.19. The highest BCUT2D eigenvalue weighted by atomic mass is 35.5. The number of hydrogen-bond acceptors (Lipinski definition) is 4. The van der Waals surface area contributed by atoms with Gasteiger partial charge in [0.2, 0.25) is 15.9 Å². The first-order valence-corrected chi connectivity index (χ1v) is 10.2. The second kappa shape index (κ2) is 9.21. The van der Waals surface area contributed by atoms with Crippen LogP contribution in [0.5, 0.6) is 5.75 Å². The predicted octanol–water partition coefficient (Wildman–Crippen LogP) is 2.81. The molecule has 2 aromatic carbocycles. The predicted molar refractivity (Wildman–Crippen MR) is 106 cm³/mol. The Labute approximate surface area is 165 Å². The van der Waals surface area contributed by atoms with Gasteiger partial charge >= 0.3 is 0 Å². The average molecular weight is 411 g/mol. The molecule has 0 N–H and O–H groups in total. The van der Waals surface area contributed by atoms with Crippen LogP contribution in [0, 0.1) is 6.92 Å². The molecule has 0 unspecified atom stereocenters. The molecule has 0 aromatic heterocycles. The van der Waals surface area contributed by atoms with Gasteiger partial charge in [-0.15, -0.1) is 0 Å². The highest BCUT2D eigenvalue weighted by Gasteiger charge is 2.24. The van der Waals surface area contributed by atoms with E-state index in [1.165, 1.54) is 24.1 Å². The maximum absolute atomic E-state index is 12.5. The van der Waals surface area contributed by atoms with Gasteiger partial charge in [-0.1, -0.05) is 29.3 Å². The van der Waals surface area contributed by atoms with Crippen LogP contribution in [0.4, 0.5) is 0 Å². The van der Waals surface area contributed by atoms with Crippen molar-refractivity contribution in [1.29, 1.82) is 0 Å². The molecule has 2 rings (SSSR count). The summed E-state index contributed by atoms with van der Waals surface area (Å²) < 4.78 is 31.7. The van der Waals surface area contributed by atoms with Crippen LogP contribution >= 0.6 is 11.6 Å². The molecule has 0 radical (unpaired) electrons. The molecule has 146 valence electrons. The van der Waals surface area contributed by atoms with E-state index in [9.17, 15) is 13.2 Å². The molecule has 0 saturated heterocycles. The van der Waals surface area contributed by atoms with Crippen LogP contribution in [-0.4, -0.2) is 57.3 Å². The van der Waals surface area contributed by atoms with Gasteiger partial charge in [-0.25, -0.2) is 8.42 Å². The molecule has 0 aliphatic heterocycles. The maximum atomic E-state index is 12.5. The van der Waals surface area contributed by atoms with Gasteiger partial charge in [-0.05, 0) is 43.3 Å². The summed E-state index contributed by atoms with van der Waals surface area (Å²) in [5.74, 6) is 0.340. The van der Waals surface area contributed by atoms with Crippen LogP contribution in [0.15, 0.2) is 53.4 Å². The molecule has 0 heterocycles. The fourth-order valence-corrected chi connectivity index (χ4v) is 3.49. The maximum Gasteiger partial charge on any atom is 0.243 e. The number of hydrogen-bond donors (Lipinski definition) is 0. The summed E-state index contributed by atoms with van der Waals surface area (Å²) in [6.45, 7) is 2.26. The van der Waals surface area contributed by atoms with Gasteiger partial charge in [-0.2, -0.15) is 4.31 Å². The number of benzene rings is 2. The number of sulfonamides is 1. The lowest BCUT2D eigenvalue weighted by Gasteiger charge is -2.22. The Morgan fingerprint density at radius 3 is 2.22 bits per heavy atom. The fraction of sp³-hybridized carbons (Fsp3) is 0.316. The molecule has 0 spiro atoms. The summed E-state index contributed by atoms with van der Waals surface area (Å²) >= 11 is 5.81. The number of ether oxygens (including phenoxy) is 1. The fourth-order valence-electron chi connectivity index (χ4n) is 2.24. The third-order valence-electron chi connectivity index (χ3n) is 4.02. The number of nitrogens with zero attached hydrogens (tertiary/aromatic N) is 2. The van der Waals surface area contributed by atoms with Gasteiger partial charge < -0.3 is 9.64 Å². The monoisotopic (exact) mass is 410 g/mol. The zero-order chi connectivity index (χ0) is 20.0. The number of halogens is 1. The van der Waals surface area contributed by atoms with Crippen molar-refractivity contribution < 1.29 is 17.9 Å². The first kappa shape index (κ1) is 21.2. The van der Waals surface area contributed by atoms with E-state index >= 15 is 0 Å². The lowest BCUT2D eigenvalue weighted by molar-refractivity contribution is -0.130. The lowest BCUT2D eigenvalue weighted by atomic mass is 10.2. The van der Waals surface area contributed by atoms with E-state index in [0.717, 1.165) is 9.87 Å². The molecule has 0 aliphatic rings. The van der Waals surface area contributed by atoms with Crippen LogP contribution in [0.1, 0.15) is 5.56 Å². The summed E-state index contributed by atoms with van der Waals surface area (Å²) in [5, 5.41) is 0.618. The van der Waals surface area contributed by atoms with Crippen molar-refractivity contribution in [2.75, 3.05) is 33.8 Å². The number of likely N-dealkylation sites (N-methyl/N-ethyl adjacent to an activating group) is 2. The third-order valence-corrected chi connectivity index (χ3v) is 6.09. The summed E-state index contributed by atoms with van der Waals surface area (Å²) in [4.78, 5) is 13.9. The van der Waals surface area contributed by atoms with E-state index in [4.69, 9.17) is 16.3 Å². The number of aryl methyl sites for hydroxylation is 1. The van der Waals surface area contributed by atoms with Crippen molar-refractivity contribution in [2.45, 2.75) is 11.8 Å². The zero-order valence-electron chi connectivity index (χ0n) is 15.6. The Hall–Kier alpha value is -2.09. The number of carbonyl (C=O) groups excluding carboxylic acids is 1. The van der Waals surface area contributed by atoms with Gasteiger partial charge in [0.05, 0.1) is 18.0 Å². The van der Waals surface area contributed by atoms with Gasteiger partial charge in [-0.3, -0.25) is 4.79 Å². The normalized spacial score (nSPS) is 11.4. The molecule has 6 nitrogen and oxygen atoms in total. The van der Waals surface area contributed by atoms with Crippen molar-refractivity contribution >= 4 is 27.5 Å². The standard InChI is InChI=1S/C19H23ClN2O4S/c1-15-4-10-18(11-5-15)27(24,25)22(3)14-19(23)21(2)12-13-26-17-8-6-16(20)7-9-17/h4-11H,12-14H2,1-3H3. The van der Waals surface area contributed by atoms with Crippen molar-refractivity contribution in [1.82, 2.24) is 9.21 Å². The number of amides is 1. The van der Waals surface area contributed by atoms with E-state index in [2.05, 4.69) is 0 Å². The Balaban J connectivity index is 1.87. The van der Waals surface area contributed by atoms with E-state index in [-0.39, 0.29) is 24.0 Å². The Morgan fingerprint density at radius 1 is 1.04 bits per heavy atom. The molecule has 2 aromatic rings. The van der Waals surface area contributed by atoms with Crippen molar-refractivity contribution in [3.63, 3.8) is 0 Å². The van der Waals surface area contributed by atoms with Gasteiger partial charge in [0.15, 0.2) is 0 Å².